The molecule has 0 aliphatic carbocycles. The molecule has 0 spiro atoms. The summed E-state index contributed by atoms with van der Waals surface area (Å²) >= 11 is 0. The summed E-state index contributed by atoms with van der Waals surface area (Å²) in [7, 11) is 0. The summed E-state index contributed by atoms with van der Waals surface area (Å²) in [5.41, 5.74) is 1.14. The zero-order valence-corrected chi connectivity index (χ0v) is 19.5. The number of amides is 3. The smallest absolute Gasteiger partial charge is 0.293 e. The van der Waals surface area contributed by atoms with E-state index in [9.17, 15) is 14.4 Å². The molecule has 0 aliphatic heterocycles. The molecule has 0 bridgehead atoms. The molecular formula is C24H23N9O3. The van der Waals surface area contributed by atoms with E-state index in [1.165, 1.54) is 25.0 Å². The zero-order valence-electron chi connectivity index (χ0n) is 19.5. The van der Waals surface area contributed by atoms with Gasteiger partial charge in [0.15, 0.2) is 0 Å². The number of hydrogen-bond donors (Lipinski definition) is 3. The number of hydrogen-bond acceptors (Lipinski definition) is 9. The van der Waals surface area contributed by atoms with Crippen molar-refractivity contribution in [2.75, 3.05) is 16.0 Å². The van der Waals surface area contributed by atoms with Gasteiger partial charge >= 0.3 is 0 Å². The van der Waals surface area contributed by atoms with Crippen molar-refractivity contribution in [1.82, 2.24) is 29.9 Å². The maximum atomic E-state index is 12.7. The van der Waals surface area contributed by atoms with Gasteiger partial charge in [-0.3, -0.25) is 29.3 Å². The molecule has 0 saturated heterocycles. The first-order valence-electron chi connectivity index (χ1n) is 10.9. The van der Waals surface area contributed by atoms with Crippen LogP contribution in [0.2, 0.25) is 0 Å². The van der Waals surface area contributed by atoms with Crippen LogP contribution in [0.1, 0.15) is 52.1 Å². The van der Waals surface area contributed by atoms with Gasteiger partial charge in [-0.1, -0.05) is 20.3 Å². The normalized spacial score (nSPS) is 9.83. The Bertz CT molecular complexity index is 1130. The molecule has 0 unspecified atom stereocenters. The number of carbonyl (C=O) groups is 3. The average Bonchev–Trinajstić information content (AvgIpc) is 2.90. The molecule has 4 heterocycles. The van der Waals surface area contributed by atoms with Crippen molar-refractivity contribution in [2.24, 2.45) is 0 Å². The minimum Gasteiger partial charge on any atom is -0.318 e. The van der Waals surface area contributed by atoms with E-state index in [4.69, 9.17) is 0 Å². The van der Waals surface area contributed by atoms with E-state index in [0.717, 1.165) is 0 Å². The highest BCUT2D eigenvalue weighted by atomic mass is 16.2. The molecule has 0 aliphatic rings. The second kappa shape index (κ2) is 12.9. The van der Waals surface area contributed by atoms with Crippen LogP contribution in [0, 0.1) is 0 Å². The first-order chi connectivity index (χ1) is 17.5. The van der Waals surface area contributed by atoms with Crippen LogP contribution in [-0.4, -0.2) is 47.6 Å². The third-order valence-corrected chi connectivity index (χ3v) is 4.00. The molecule has 12 nitrogen and oxygen atoms in total. The first-order valence-corrected chi connectivity index (χ1v) is 10.9. The van der Waals surface area contributed by atoms with Crippen LogP contribution in [0.4, 0.5) is 17.1 Å². The maximum absolute atomic E-state index is 12.7. The lowest BCUT2D eigenvalue weighted by Crippen LogP contribution is -2.26. The fraction of sp³-hybridized carbons (Fsp3) is 0.125. The van der Waals surface area contributed by atoms with E-state index in [1.807, 2.05) is 0 Å². The van der Waals surface area contributed by atoms with Crippen molar-refractivity contribution in [3.8, 4) is 0 Å². The molecule has 182 valence electrons. The Kier molecular flexibility index (Phi) is 9.16. The van der Waals surface area contributed by atoms with Gasteiger partial charge < -0.3 is 16.0 Å². The number of pyridine rings is 3. The van der Waals surface area contributed by atoms with E-state index in [-0.39, 0.29) is 0 Å². The number of nitrogens with zero attached hydrogens (tertiary/aromatic N) is 6. The Labute approximate surface area is 206 Å². The molecule has 36 heavy (non-hydrogen) atoms. The van der Waals surface area contributed by atoms with E-state index in [2.05, 4.69) is 59.7 Å². The van der Waals surface area contributed by atoms with Gasteiger partial charge in [0.1, 0.15) is 0 Å². The van der Waals surface area contributed by atoms with Gasteiger partial charge in [-0.2, -0.15) is 15.0 Å². The lowest BCUT2D eigenvalue weighted by molar-refractivity contribution is 0.100. The SMILES string of the molecule is CCC.O=C(Nc1cccnc1)c1nc(C(=O)Nc2cccnc2)nc(C(=O)Nc2cccnc2)n1. The lowest BCUT2D eigenvalue weighted by Gasteiger charge is -2.09. The third kappa shape index (κ3) is 7.45. The van der Waals surface area contributed by atoms with Gasteiger partial charge in [-0.25, -0.2) is 0 Å². The summed E-state index contributed by atoms with van der Waals surface area (Å²) in [4.78, 5) is 61.6. The molecule has 3 N–H and O–H groups in total. The second-order valence-electron chi connectivity index (χ2n) is 7.10. The van der Waals surface area contributed by atoms with Crippen LogP contribution in [0.3, 0.4) is 0 Å². The summed E-state index contributed by atoms with van der Waals surface area (Å²) in [6.07, 6.45) is 10.1. The van der Waals surface area contributed by atoms with E-state index in [0.29, 0.717) is 17.1 Å². The summed E-state index contributed by atoms with van der Waals surface area (Å²) in [6, 6.07) is 9.71. The van der Waals surface area contributed by atoms with E-state index in [1.54, 1.807) is 55.0 Å². The van der Waals surface area contributed by atoms with Gasteiger partial charge in [0, 0.05) is 18.6 Å². The molecular weight excluding hydrogens is 462 g/mol. The molecule has 0 atom stereocenters. The number of anilines is 3. The number of rotatable bonds is 6. The Hall–Kier alpha value is -5.13. The third-order valence-electron chi connectivity index (χ3n) is 4.00. The quantitative estimate of drug-likeness (QED) is 0.372. The van der Waals surface area contributed by atoms with Crippen LogP contribution in [0.15, 0.2) is 73.6 Å². The van der Waals surface area contributed by atoms with E-state index >= 15 is 0 Å². The average molecular weight is 486 g/mol. The highest BCUT2D eigenvalue weighted by molar-refractivity contribution is 6.07. The summed E-state index contributed by atoms with van der Waals surface area (Å²) in [5, 5.41) is 7.66. The molecule has 4 aromatic rings. The number of nitrogens with one attached hydrogen (secondary N) is 3. The van der Waals surface area contributed by atoms with Crippen molar-refractivity contribution >= 4 is 34.8 Å². The zero-order chi connectivity index (χ0) is 25.8. The molecule has 4 aromatic heterocycles. The van der Waals surface area contributed by atoms with Crippen LogP contribution in [0.25, 0.3) is 0 Å². The van der Waals surface area contributed by atoms with Gasteiger partial charge in [0.05, 0.1) is 35.7 Å². The Morgan fingerprint density at radius 2 is 0.861 bits per heavy atom. The predicted molar refractivity (Wildman–Crippen MR) is 132 cm³/mol. The summed E-state index contributed by atoms with van der Waals surface area (Å²) in [6.45, 7) is 4.25. The predicted octanol–water partition coefficient (Wildman–Crippen LogP) is 3.23. The summed E-state index contributed by atoms with van der Waals surface area (Å²) < 4.78 is 0. The topological polar surface area (TPSA) is 165 Å². The molecule has 0 radical (unpaired) electrons. The van der Waals surface area contributed by atoms with Gasteiger partial charge in [-0.05, 0) is 36.4 Å². The van der Waals surface area contributed by atoms with Crippen molar-refractivity contribution in [2.45, 2.75) is 20.3 Å². The van der Waals surface area contributed by atoms with Crippen molar-refractivity contribution in [3.63, 3.8) is 0 Å². The molecule has 12 heteroatoms. The lowest BCUT2D eigenvalue weighted by atomic mass is 10.3. The van der Waals surface area contributed by atoms with Gasteiger partial charge in [0.25, 0.3) is 17.7 Å². The van der Waals surface area contributed by atoms with Crippen molar-refractivity contribution in [3.05, 3.63) is 91.1 Å². The summed E-state index contributed by atoms with van der Waals surface area (Å²) in [5.74, 6) is -3.55. The van der Waals surface area contributed by atoms with Crippen LogP contribution < -0.4 is 16.0 Å². The second-order valence-corrected chi connectivity index (χ2v) is 7.10. The molecule has 4 rings (SSSR count). The maximum Gasteiger partial charge on any atom is 0.293 e. The molecule has 0 aromatic carbocycles. The Morgan fingerprint density at radius 3 is 1.08 bits per heavy atom. The molecule has 0 fully saturated rings. The number of aromatic nitrogens is 6. The van der Waals surface area contributed by atoms with Crippen LogP contribution >= 0.6 is 0 Å². The highest BCUT2D eigenvalue weighted by Gasteiger charge is 2.22. The minimum absolute atomic E-state index is 0.380. The van der Waals surface area contributed by atoms with Crippen molar-refractivity contribution < 1.29 is 14.4 Å². The van der Waals surface area contributed by atoms with Gasteiger partial charge in [-0.15, -0.1) is 0 Å². The molecule has 0 saturated carbocycles. The monoisotopic (exact) mass is 485 g/mol. The minimum atomic E-state index is -0.753. The van der Waals surface area contributed by atoms with Crippen molar-refractivity contribution in [1.29, 1.82) is 0 Å². The molecule has 3 amide bonds. The van der Waals surface area contributed by atoms with E-state index < -0.39 is 35.2 Å². The number of carbonyl (C=O) groups excluding carboxylic acids is 3. The Balaban J connectivity index is 0.00000115. The Morgan fingerprint density at radius 1 is 0.583 bits per heavy atom. The fourth-order valence-electron chi connectivity index (χ4n) is 2.55. The standard InChI is InChI=1S/C21H15N9O3.C3H8/c31-19(25-13-4-1-7-22-10-13)16-28-17(20(32)26-14-5-2-8-23-11-14)30-18(29-16)21(33)27-15-6-3-9-24-12-15;1-3-2/h1-12H,(H,25,31)(H,26,32)(H,27,33);3H2,1-2H3. The highest BCUT2D eigenvalue weighted by Crippen LogP contribution is 2.10. The largest absolute Gasteiger partial charge is 0.318 e. The fourth-order valence-corrected chi connectivity index (χ4v) is 2.55. The van der Waals surface area contributed by atoms with Gasteiger partial charge in [0.2, 0.25) is 17.5 Å². The first kappa shape index (κ1) is 25.5. The van der Waals surface area contributed by atoms with Crippen LogP contribution in [-0.2, 0) is 0 Å². The van der Waals surface area contributed by atoms with Crippen LogP contribution in [0.5, 0.6) is 0 Å².